The normalized spacial score (nSPS) is 11.6. The first-order valence-electron chi connectivity index (χ1n) is 5.51. The Morgan fingerprint density at radius 3 is 2.84 bits per heavy atom. The summed E-state index contributed by atoms with van der Waals surface area (Å²) in [5, 5.41) is 2.83. The lowest BCUT2D eigenvalue weighted by molar-refractivity contribution is -0.119. The Morgan fingerprint density at radius 1 is 1.42 bits per heavy atom. The van der Waals surface area contributed by atoms with Gasteiger partial charge >= 0.3 is 0 Å². The number of carbonyl (C=O) groups is 1. The second-order valence-electron chi connectivity index (χ2n) is 3.96. The Morgan fingerprint density at radius 2 is 2.16 bits per heavy atom. The summed E-state index contributed by atoms with van der Waals surface area (Å²) in [5.41, 5.74) is 6.77. The Kier molecular flexibility index (Phi) is 3.45. The summed E-state index contributed by atoms with van der Waals surface area (Å²) >= 11 is 0. The van der Waals surface area contributed by atoms with E-state index in [0.717, 1.165) is 0 Å². The molecule has 2 rings (SSSR count). The Bertz CT molecular complexity index is 721. The molecular weight excluding hydrogens is 268 g/mol. The van der Waals surface area contributed by atoms with Gasteiger partial charge < -0.3 is 16.0 Å². The largest absolute Gasteiger partial charge is 0.399 e. The van der Waals surface area contributed by atoms with Gasteiger partial charge in [0.15, 0.2) is 0 Å². The van der Waals surface area contributed by atoms with Crippen LogP contribution in [0, 0.1) is 0 Å². The van der Waals surface area contributed by atoms with Crippen LogP contribution in [0.2, 0.25) is 0 Å². The van der Waals surface area contributed by atoms with E-state index in [-0.39, 0.29) is 11.4 Å². The molecule has 102 valence electrons. The fourth-order valence-electron chi connectivity index (χ4n) is 1.66. The van der Waals surface area contributed by atoms with Crippen LogP contribution in [0.4, 0.5) is 5.69 Å². The average Bonchev–Trinajstić information content (AvgIpc) is 2.79. The van der Waals surface area contributed by atoms with Crippen LogP contribution in [0.15, 0.2) is 29.3 Å². The van der Waals surface area contributed by atoms with Crippen molar-refractivity contribution in [2.45, 2.75) is 4.90 Å². The van der Waals surface area contributed by atoms with Crippen molar-refractivity contribution in [2.24, 2.45) is 0 Å². The Labute approximate surface area is 110 Å². The van der Waals surface area contributed by atoms with E-state index in [9.17, 15) is 13.2 Å². The third-order valence-electron chi connectivity index (χ3n) is 2.66. The number of nitrogen functional groups attached to an aromatic ring is 1. The van der Waals surface area contributed by atoms with E-state index in [0.29, 0.717) is 16.6 Å². The molecule has 1 aromatic carbocycles. The molecular formula is C11H14N4O3S. The maximum Gasteiger partial charge on any atom is 0.243 e. The molecule has 1 aromatic heterocycles. The molecule has 0 radical (unpaired) electrons. The minimum atomic E-state index is -3.76. The van der Waals surface area contributed by atoms with Gasteiger partial charge in [-0.25, -0.2) is 13.1 Å². The molecule has 19 heavy (non-hydrogen) atoms. The van der Waals surface area contributed by atoms with Crippen molar-refractivity contribution >= 4 is 32.5 Å². The summed E-state index contributed by atoms with van der Waals surface area (Å²) in [5.74, 6) is -0.414. The summed E-state index contributed by atoms with van der Waals surface area (Å²) < 4.78 is 26.4. The average molecular weight is 282 g/mol. The zero-order valence-corrected chi connectivity index (χ0v) is 11.0. The molecule has 7 nitrogen and oxygen atoms in total. The number of aromatic nitrogens is 1. The highest BCUT2D eigenvalue weighted by molar-refractivity contribution is 7.89. The predicted octanol–water partition coefficient (Wildman–Crippen LogP) is -0.226. The third-order valence-corrected chi connectivity index (χ3v) is 4.10. The van der Waals surface area contributed by atoms with Gasteiger partial charge in [0.2, 0.25) is 15.9 Å². The van der Waals surface area contributed by atoms with E-state index in [2.05, 4.69) is 15.0 Å². The van der Waals surface area contributed by atoms with Crippen LogP contribution in [0.25, 0.3) is 10.9 Å². The minimum Gasteiger partial charge on any atom is -0.399 e. The molecule has 1 heterocycles. The number of likely N-dealkylation sites (N-methyl/N-ethyl adjacent to an activating group) is 1. The monoisotopic (exact) mass is 282 g/mol. The lowest BCUT2D eigenvalue weighted by atomic mass is 10.2. The van der Waals surface area contributed by atoms with Crippen LogP contribution in [0.5, 0.6) is 0 Å². The van der Waals surface area contributed by atoms with Crippen LogP contribution in [-0.2, 0) is 14.8 Å². The summed E-state index contributed by atoms with van der Waals surface area (Å²) in [7, 11) is -2.33. The molecule has 1 amide bonds. The van der Waals surface area contributed by atoms with Gasteiger partial charge in [0.1, 0.15) is 4.90 Å². The number of rotatable bonds is 4. The smallest absolute Gasteiger partial charge is 0.243 e. The molecule has 5 N–H and O–H groups in total. The second-order valence-corrected chi connectivity index (χ2v) is 5.69. The van der Waals surface area contributed by atoms with E-state index in [1.807, 2.05) is 0 Å². The number of H-pyrrole nitrogens is 1. The lowest BCUT2D eigenvalue weighted by Crippen LogP contribution is -2.35. The number of benzene rings is 1. The van der Waals surface area contributed by atoms with Crippen molar-refractivity contribution < 1.29 is 13.2 Å². The van der Waals surface area contributed by atoms with Crippen LogP contribution in [0.3, 0.4) is 0 Å². The molecule has 0 bridgehead atoms. The van der Waals surface area contributed by atoms with E-state index >= 15 is 0 Å². The van der Waals surface area contributed by atoms with Crippen LogP contribution in [0.1, 0.15) is 0 Å². The molecule has 0 spiro atoms. The van der Waals surface area contributed by atoms with Crippen molar-refractivity contribution in [3.05, 3.63) is 24.4 Å². The number of fused-ring (bicyclic) bond motifs is 1. The summed E-state index contributed by atoms with van der Waals surface area (Å²) in [6.07, 6.45) is 1.37. The molecule has 0 aliphatic rings. The van der Waals surface area contributed by atoms with Gasteiger partial charge in [-0.05, 0) is 18.2 Å². The first-order valence-corrected chi connectivity index (χ1v) is 6.99. The van der Waals surface area contributed by atoms with Crippen molar-refractivity contribution in [3.8, 4) is 0 Å². The van der Waals surface area contributed by atoms with Gasteiger partial charge in [-0.3, -0.25) is 4.79 Å². The number of nitrogens with two attached hydrogens (primary N) is 1. The lowest BCUT2D eigenvalue weighted by Gasteiger charge is -2.05. The highest BCUT2D eigenvalue weighted by atomic mass is 32.2. The topological polar surface area (TPSA) is 117 Å². The number of hydrogen-bond donors (Lipinski definition) is 4. The zero-order valence-electron chi connectivity index (χ0n) is 10.2. The van der Waals surface area contributed by atoms with Crippen LogP contribution < -0.4 is 15.8 Å². The standard InChI is InChI=1S/C11H14N4O3S/c1-13-11(16)6-15-19(17,18)10-5-14-9-3-2-7(12)4-8(9)10/h2-5,14-15H,6,12H2,1H3,(H,13,16). The van der Waals surface area contributed by atoms with Gasteiger partial charge in [0.25, 0.3) is 0 Å². The third kappa shape index (κ3) is 2.69. The maximum atomic E-state index is 12.1. The molecule has 0 atom stereocenters. The summed E-state index contributed by atoms with van der Waals surface area (Å²) in [6, 6.07) is 4.94. The number of sulfonamides is 1. The van der Waals surface area contributed by atoms with Crippen LogP contribution in [-0.4, -0.2) is 32.9 Å². The van der Waals surface area contributed by atoms with E-state index in [1.54, 1.807) is 18.2 Å². The van der Waals surface area contributed by atoms with E-state index < -0.39 is 15.9 Å². The highest BCUT2D eigenvalue weighted by Gasteiger charge is 2.19. The number of aromatic amines is 1. The predicted molar refractivity (Wildman–Crippen MR) is 72.0 cm³/mol. The van der Waals surface area contributed by atoms with Gasteiger partial charge in [-0.15, -0.1) is 0 Å². The molecule has 0 saturated carbocycles. The fraction of sp³-hybridized carbons (Fsp3) is 0.182. The van der Waals surface area contributed by atoms with Gasteiger partial charge in [0.05, 0.1) is 6.54 Å². The van der Waals surface area contributed by atoms with Crippen molar-refractivity contribution in [2.75, 3.05) is 19.3 Å². The van der Waals surface area contributed by atoms with Crippen molar-refractivity contribution in [1.82, 2.24) is 15.0 Å². The van der Waals surface area contributed by atoms with Crippen molar-refractivity contribution in [3.63, 3.8) is 0 Å². The summed E-state index contributed by atoms with van der Waals surface area (Å²) in [4.78, 5) is 14.0. The molecule has 0 aliphatic heterocycles. The second kappa shape index (κ2) is 4.90. The minimum absolute atomic E-state index is 0.0682. The first-order chi connectivity index (χ1) is 8.94. The first kappa shape index (κ1) is 13.4. The fourth-order valence-corrected chi connectivity index (χ4v) is 2.81. The number of nitrogens with one attached hydrogen (secondary N) is 3. The van der Waals surface area contributed by atoms with Crippen LogP contribution >= 0.6 is 0 Å². The Balaban J connectivity index is 2.38. The molecule has 2 aromatic rings. The molecule has 0 unspecified atom stereocenters. The Hall–Kier alpha value is -2.06. The van der Waals surface area contributed by atoms with Crippen molar-refractivity contribution in [1.29, 1.82) is 0 Å². The number of amides is 1. The van der Waals surface area contributed by atoms with Gasteiger partial charge in [-0.2, -0.15) is 0 Å². The highest BCUT2D eigenvalue weighted by Crippen LogP contribution is 2.24. The zero-order chi connectivity index (χ0) is 14.0. The molecule has 0 fully saturated rings. The number of hydrogen-bond acceptors (Lipinski definition) is 4. The summed E-state index contributed by atoms with van der Waals surface area (Å²) in [6.45, 7) is -0.312. The molecule has 8 heteroatoms. The SMILES string of the molecule is CNC(=O)CNS(=O)(=O)c1c[nH]c2ccc(N)cc12. The van der Waals surface area contributed by atoms with E-state index in [1.165, 1.54) is 13.2 Å². The maximum absolute atomic E-state index is 12.1. The van der Waals surface area contributed by atoms with Gasteiger partial charge in [-0.1, -0.05) is 0 Å². The molecule has 0 saturated heterocycles. The molecule has 0 aliphatic carbocycles. The van der Waals surface area contributed by atoms with Gasteiger partial charge in [0, 0.05) is 29.8 Å². The van der Waals surface area contributed by atoms with E-state index in [4.69, 9.17) is 5.73 Å². The number of anilines is 1. The quantitative estimate of drug-likeness (QED) is 0.580. The number of carbonyl (C=O) groups excluding carboxylic acids is 1.